The molecule has 2 N–H and O–H groups in total. The first-order valence-corrected chi connectivity index (χ1v) is 9.71. The third kappa shape index (κ3) is 4.04. The average molecular weight is 392 g/mol. The minimum Gasteiger partial charge on any atom is -0.357 e. The Labute approximate surface area is 165 Å². The molecule has 7 heteroatoms. The number of fused-ring (bicyclic) bond motifs is 1. The van der Waals surface area contributed by atoms with E-state index in [0.717, 1.165) is 32.7 Å². The predicted octanol–water partition coefficient (Wildman–Crippen LogP) is 4.17. The summed E-state index contributed by atoms with van der Waals surface area (Å²) in [7, 11) is 0. The van der Waals surface area contributed by atoms with E-state index in [1.54, 1.807) is 12.1 Å². The number of aromatic nitrogens is 3. The van der Waals surface area contributed by atoms with E-state index in [-0.39, 0.29) is 17.5 Å². The van der Waals surface area contributed by atoms with Gasteiger partial charge < -0.3 is 10.3 Å². The molecule has 0 aliphatic rings. The Morgan fingerprint density at radius 2 is 1.86 bits per heavy atom. The molecule has 0 atom stereocenters. The van der Waals surface area contributed by atoms with Crippen LogP contribution >= 0.6 is 11.8 Å². The molecule has 0 saturated heterocycles. The summed E-state index contributed by atoms with van der Waals surface area (Å²) < 4.78 is 12.9. The van der Waals surface area contributed by atoms with Crippen LogP contribution in [-0.2, 0) is 11.3 Å². The molecule has 140 valence electrons. The number of nitrogens with one attached hydrogen (secondary N) is 2. The van der Waals surface area contributed by atoms with Crippen LogP contribution in [0, 0.1) is 5.82 Å². The number of thioether (sulfide) groups is 1. The van der Waals surface area contributed by atoms with Crippen molar-refractivity contribution in [3.63, 3.8) is 0 Å². The van der Waals surface area contributed by atoms with Gasteiger partial charge in [0, 0.05) is 18.3 Å². The fourth-order valence-electron chi connectivity index (χ4n) is 2.85. The number of hydrogen-bond donors (Lipinski definition) is 2. The lowest BCUT2D eigenvalue weighted by molar-refractivity contribution is -0.118. The van der Waals surface area contributed by atoms with Gasteiger partial charge in [0.05, 0.1) is 11.3 Å². The van der Waals surface area contributed by atoms with Crippen LogP contribution in [0.25, 0.3) is 22.2 Å². The van der Waals surface area contributed by atoms with Crippen molar-refractivity contribution in [2.75, 3.05) is 5.75 Å². The number of halogens is 1. The van der Waals surface area contributed by atoms with Gasteiger partial charge in [0.1, 0.15) is 22.7 Å². The van der Waals surface area contributed by atoms with E-state index in [0.29, 0.717) is 6.54 Å². The Kier molecular flexibility index (Phi) is 5.34. The van der Waals surface area contributed by atoms with E-state index < -0.39 is 0 Å². The van der Waals surface area contributed by atoms with Crippen LogP contribution in [0.3, 0.4) is 0 Å². The first-order chi connectivity index (χ1) is 13.7. The minimum absolute atomic E-state index is 0.115. The van der Waals surface area contributed by atoms with Crippen LogP contribution in [0.15, 0.2) is 72.1 Å². The van der Waals surface area contributed by atoms with Crippen molar-refractivity contribution in [2.24, 2.45) is 0 Å². The zero-order valence-electron chi connectivity index (χ0n) is 14.9. The normalized spacial score (nSPS) is 10.9. The van der Waals surface area contributed by atoms with Gasteiger partial charge in [-0.15, -0.1) is 0 Å². The van der Waals surface area contributed by atoms with Gasteiger partial charge in [-0.25, -0.2) is 14.4 Å². The van der Waals surface area contributed by atoms with Crippen LogP contribution in [0.5, 0.6) is 0 Å². The minimum atomic E-state index is -0.292. The van der Waals surface area contributed by atoms with Gasteiger partial charge in [0.15, 0.2) is 0 Å². The molecule has 0 saturated carbocycles. The Balaban J connectivity index is 1.43. The fourth-order valence-corrected chi connectivity index (χ4v) is 3.64. The molecule has 4 rings (SSSR count). The smallest absolute Gasteiger partial charge is 0.230 e. The second-order valence-electron chi connectivity index (χ2n) is 6.16. The van der Waals surface area contributed by atoms with Gasteiger partial charge in [-0.3, -0.25) is 4.79 Å². The number of rotatable bonds is 6. The fraction of sp³-hybridized carbons (Fsp3) is 0.0952. The van der Waals surface area contributed by atoms with Crippen LogP contribution < -0.4 is 5.32 Å². The summed E-state index contributed by atoms with van der Waals surface area (Å²) in [6, 6.07) is 16.1. The van der Waals surface area contributed by atoms with Crippen molar-refractivity contribution in [3.05, 3.63) is 78.5 Å². The highest BCUT2D eigenvalue weighted by Gasteiger charge is 2.13. The first kappa shape index (κ1) is 18.2. The molecule has 2 heterocycles. The molecule has 5 nitrogen and oxygen atoms in total. The zero-order chi connectivity index (χ0) is 19.3. The molecule has 2 aromatic heterocycles. The largest absolute Gasteiger partial charge is 0.357 e. The second-order valence-corrected chi connectivity index (χ2v) is 7.13. The number of aromatic amines is 1. The van der Waals surface area contributed by atoms with Crippen LogP contribution in [0.4, 0.5) is 4.39 Å². The van der Waals surface area contributed by atoms with Gasteiger partial charge >= 0.3 is 0 Å². The van der Waals surface area contributed by atoms with Gasteiger partial charge in [0.2, 0.25) is 5.91 Å². The maximum atomic E-state index is 12.9. The Morgan fingerprint density at radius 1 is 1.07 bits per heavy atom. The molecule has 0 unspecified atom stereocenters. The number of nitrogens with zero attached hydrogens (tertiary/aromatic N) is 2. The molecule has 0 aliphatic heterocycles. The Bertz CT molecular complexity index is 1100. The molecular weight excluding hydrogens is 375 g/mol. The summed E-state index contributed by atoms with van der Waals surface area (Å²) in [5, 5.41) is 3.56. The molecule has 0 fully saturated rings. The quantitative estimate of drug-likeness (QED) is 0.382. The first-order valence-electron chi connectivity index (χ1n) is 8.72. The Morgan fingerprint density at radius 3 is 2.64 bits per heavy atom. The van der Waals surface area contributed by atoms with Gasteiger partial charge in [-0.05, 0) is 23.3 Å². The standard InChI is InChI=1S/C21H17FN4OS/c22-16-8-6-14(7-9-16)10-23-18(27)12-28-21-20-19(25-13-26-21)17(11-24-20)15-4-2-1-3-5-15/h1-9,11,13,24H,10,12H2,(H,23,27). The lowest BCUT2D eigenvalue weighted by Gasteiger charge is -2.06. The van der Waals surface area contributed by atoms with E-state index >= 15 is 0 Å². The average Bonchev–Trinajstić information content (AvgIpc) is 3.17. The molecule has 28 heavy (non-hydrogen) atoms. The monoisotopic (exact) mass is 392 g/mol. The highest BCUT2D eigenvalue weighted by molar-refractivity contribution is 8.00. The van der Waals surface area contributed by atoms with Crippen LogP contribution in [-0.4, -0.2) is 26.6 Å². The number of benzene rings is 2. The predicted molar refractivity (Wildman–Crippen MR) is 108 cm³/mol. The van der Waals surface area contributed by atoms with E-state index in [4.69, 9.17) is 0 Å². The third-order valence-electron chi connectivity index (χ3n) is 4.26. The van der Waals surface area contributed by atoms with Crippen molar-refractivity contribution >= 4 is 28.7 Å². The van der Waals surface area contributed by atoms with Crippen molar-refractivity contribution in [1.82, 2.24) is 20.3 Å². The van der Waals surface area contributed by atoms with E-state index in [1.165, 1.54) is 30.2 Å². The molecule has 0 aliphatic carbocycles. The van der Waals surface area contributed by atoms with Crippen LogP contribution in [0.2, 0.25) is 0 Å². The molecule has 2 aromatic carbocycles. The van der Waals surface area contributed by atoms with Gasteiger partial charge in [-0.2, -0.15) is 0 Å². The second kappa shape index (κ2) is 8.22. The van der Waals surface area contributed by atoms with E-state index in [2.05, 4.69) is 20.3 Å². The summed E-state index contributed by atoms with van der Waals surface area (Å²) in [6.07, 6.45) is 3.43. The van der Waals surface area contributed by atoms with Crippen molar-refractivity contribution < 1.29 is 9.18 Å². The highest BCUT2D eigenvalue weighted by Crippen LogP contribution is 2.31. The summed E-state index contributed by atoms with van der Waals surface area (Å²) in [4.78, 5) is 24.1. The van der Waals surface area contributed by atoms with Crippen molar-refractivity contribution in [3.8, 4) is 11.1 Å². The van der Waals surface area contributed by atoms with Crippen LogP contribution in [0.1, 0.15) is 5.56 Å². The highest BCUT2D eigenvalue weighted by atomic mass is 32.2. The van der Waals surface area contributed by atoms with Crippen molar-refractivity contribution in [1.29, 1.82) is 0 Å². The maximum absolute atomic E-state index is 12.9. The number of carbonyl (C=O) groups excluding carboxylic acids is 1. The van der Waals surface area contributed by atoms with E-state index in [9.17, 15) is 9.18 Å². The molecular formula is C21H17FN4OS. The lowest BCUT2D eigenvalue weighted by atomic mass is 10.1. The number of H-pyrrole nitrogens is 1. The summed E-state index contributed by atoms with van der Waals surface area (Å²) >= 11 is 1.35. The lowest BCUT2D eigenvalue weighted by Crippen LogP contribution is -2.24. The third-order valence-corrected chi connectivity index (χ3v) is 5.25. The molecule has 0 spiro atoms. The molecule has 0 radical (unpaired) electrons. The van der Waals surface area contributed by atoms with E-state index in [1.807, 2.05) is 36.5 Å². The molecule has 1 amide bonds. The Hall–Kier alpha value is -3.19. The number of carbonyl (C=O) groups is 1. The SMILES string of the molecule is O=C(CSc1ncnc2c(-c3ccccc3)c[nH]c12)NCc1ccc(F)cc1. The molecule has 4 aromatic rings. The summed E-state index contributed by atoms with van der Waals surface area (Å²) in [5.41, 5.74) is 4.57. The number of amides is 1. The summed E-state index contributed by atoms with van der Waals surface area (Å²) in [6.45, 7) is 0.361. The van der Waals surface area contributed by atoms with Gasteiger partial charge in [-0.1, -0.05) is 54.2 Å². The summed E-state index contributed by atoms with van der Waals surface area (Å²) in [5.74, 6) is -0.178. The number of hydrogen-bond acceptors (Lipinski definition) is 4. The molecule has 0 bridgehead atoms. The zero-order valence-corrected chi connectivity index (χ0v) is 15.7. The maximum Gasteiger partial charge on any atom is 0.230 e. The van der Waals surface area contributed by atoms with Gasteiger partial charge in [0.25, 0.3) is 0 Å². The van der Waals surface area contributed by atoms with Crippen molar-refractivity contribution in [2.45, 2.75) is 11.6 Å². The topological polar surface area (TPSA) is 70.7 Å².